The maximum Gasteiger partial charge on any atom is -0.0122 e. The molecule has 0 rings (SSSR count). The minimum absolute atomic E-state index is 0. The highest BCUT2D eigenvalue weighted by Crippen LogP contribution is 2.44. The fraction of sp³-hybridized carbons (Fsp3) is 1.00. The van der Waals surface area contributed by atoms with E-state index in [1.165, 1.54) is 148 Å². The van der Waals surface area contributed by atoms with Gasteiger partial charge in [0.15, 0.2) is 0 Å². The van der Waals surface area contributed by atoms with E-state index in [9.17, 15) is 0 Å². The van der Waals surface area contributed by atoms with E-state index in [4.69, 9.17) is 0 Å². The summed E-state index contributed by atoms with van der Waals surface area (Å²) >= 11 is 0. The van der Waals surface area contributed by atoms with Gasteiger partial charge in [0.05, 0.1) is 0 Å². The van der Waals surface area contributed by atoms with E-state index in [0.717, 1.165) is 5.92 Å². The molecule has 0 N–H and O–H groups in total. The molecule has 2 heteroatoms. The summed E-state index contributed by atoms with van der Waals surface area (Å²) in [5, 5.41) is 0.523. The Balaban J connectivity index is 0. The molecule has 0 aromatic heterocycles. The maximum atomic E-state index is 3.48. The van der Waals surface area contributed by atoms with Gasteiger partial charge in [-0.2, -0.15) is 0 Å². The predicted octanol–water partition coefficient (Wildman–Crippen LogP) is 11.8. The van der Waals surface area contributed by atoms with Crippen molar-refractivity contribution in [3.05, 3.63) is 0 Å². The Kier molecular flexibility index (Phi) is 28.1. The van der Waals surface area contributed by atoms with Crippen molar-refractivity contribution in [2.75, 3.05) is 0 Å². The van der Waals surface area contributed by atoms with E-state index < -0.39 is 0 Å². The molecule has 2 atom stereocenters. The second-order valence-electron chi connectivity index (χ2n) is 10.3. The molecule has 0 saturated carbocycles. The molecule has 0 amide bonds. The number of hydrogen-bond donors (Lipinski definition) is 0. The number of unbranched alkanes of at least 4 members (excludes halogenated alkanes) is 15. The van der Waals surface area contributed by atoms with Gasteiger partial charge in [0.1, 0.15) is 0 Å². The molecule has 31 heavy (non-hydrogen) atoms. The standard InChI is InChI=1S/C29H61P.BrH/c1-5-9-13-17-21-25-28(24-20-16-12-8-4)29(30,26-22-18-14-10-6-2)27-23-19-15-11-7-3;/h28H,5-27,30H2,1-4H3;1H. The Labute approximate surface area is 212 Å². The molecule has 0 aliphatic carbocycles. The number of hydrogen-bond acceptors (Lipinski definition) is 0. The zero-order chi connectivity index (χ0) is 22.3. The highest BCUT2D eigenvalue weighted by atomic mass is 79.9. The first-order chi connectivity index (χ1) is 14.6. The lowest BCUT2D eigenvalue weighted by molar-refractivity contribution is 0.269. The van der Waals surface area contributed by atoms with Crippen molar-refractivity contribution in [3.8, 4) is 0 Å². The van der Waals surface area contributed by atoms with Crippen molar-refractivity contribution in [2.45, 2.75) is 181 Å². The van der Waals surface area contributed by atoms with E-state index in [1.807, 2.05) is 0 Å². The maximum absolute atomic E-state index is 3.48. The van der Waals surface area contributed by atoms with Crippen LogP contribution < -0.4 is 0 Å². The van der Waals surface area contributed by atoms with Crippen LogP contribution in [0.3, 0.4) is 0 Å². The average molecular weight is 522 g/mol. The minimum atomic E-state index is 0. The average Bonchev–Trinajstić information content (AvgIpc) is 2.74. The topological polar surface area (TPSA) is 0 Å². The van der Waals surface area contributed by atoms with Crippen LogP contribution in [0.4, 0.5) is 0 Å². The molecule has 0 radical (unpaired) electrons. The van der Waals surface area contributed by atoms with Gasteiger partial charge in [-0.05, 0) is 36.8 Å². The highest BCUT2D eigenvalue weighted by Gasteiger charge is 2.32. The Bertz CT molecular complexity index is 317. The van der Waals surface area contributed by atoms with Gasteiger partial charge >= 0.3 is 0 Å². The van der Waals surface area contributed by atoms with E-state index in [0.29, 0.717) is 5.16 Å². The molecular weight excluding hydrogens is 459 g/mol. The van der Waals surface area contributed by atoms with Gasteiger partial charge in [-0.25, -0.2) is 0 Å². The van der Waals surface area contributed by atoms with Crippen LogP contribution in [-0.2, 0) is 0 Å². The van der Waals surface area contributed by atoms with Gasteiger partial charge in [0, 0.05) is 0 Å². The molecule has 0 fully saturated rings. The molecule has 0 aliphatic heterocycles. The first-order valence-electron chi connectivity index (χ1n) is 14.4. The summed E-state index contributed by atoms with van der Waals surface area (Å²) in [6, 6.07) is 0. The minimum Gasteiger partial charge on any atom is -0.131 e. The largest absolute Gasteiger partial charge is 0.131 e. The summed E-state index contributed by atoms with van der Waals surface area (Å²) < 4.78 is 0. The molecule has 0 saturated heterocycles. The molecule has 0 aliphatic rings. The first kappa shape index (κ1) is 34.1. The molecule has 0 bridgehead atoms. The normalized spacial score (nSPS) is 12.7. The van der Waals surface area contributed by atoms with Gasteiger partial charge < -0.3 is 0 Å². The van der Waals surface area contributed by atoms with E-state index in [1.54, 1.807) is 0 Å². The molecule has 0 heterocycles. The van der Waals surface area contributed by atoms with Crippen molar-refractivity contribution in [2.24, 2.45) is 5.92 Å². The van der Waals surface area contributed by atoms with Gasteiger partial charge in [0.2, 0.25) is 0 Å². The fourth-order valence-electron chi connectivity index (χ4n) is 5.18. The second kappa shape index (κ2) is 25.5. The zero-order valence-corrected chi connectivity index (χ0v) is 25.2. The van der Waals surface area contributed by atoms with Crippen LogP contribution in [0.5, 0.6) is 0 Å². The molecule has 0 nitrogen and oxygen atoms in total. The summed E-state index contributed by atoms with van der Waals surface area (Å²) in [4.78, 5) is 0. The van der Waals surface area contributed by atoms with Crippen LogP contribution in [-0.4, -0.2) is 5.16 Å². The van der Waals surface area contributed by atoms with Crippen molar-refractivity contribution in [1.29, 1.82) is 0 Å². The second-order valence-corrected chi connectivity index (χ2v) is 11.5. The third-order valence-electron chi connectivity index (χ3n) is 7.37. The molecule has 0 aromatic carbocycles. The smallest absolute Gasteiger partial charge is 0.0122 e. The predicted molar refractivity (Wildman–Crippen MR) is 155 cm³/mol. The van der Waals surface area contributed by atoms with Gasteiger partial charge in [0.25, 0.3) is 0 Å². The van der Waals surface area contributed by atoms with Crippen LogP contribution in [0.25, 0.3) is 0 Å². The monoisotopic (exact) mass is 520 g/mol. The molecule has 2 unspecified atom stereocenters. The SMILES string of the molecule is Br.CCCCCCCC(CCCCCC)C(P)(CCCCCCC)CCCCCCC. The Morgan fingerprint density at radius 3 is 1.10 bits per heavy atom. The lowest BCUT2D eigenvalue weighted by Crippen LogP contribution is -2.32. The van der Waals surface area contributed by atoms with Crippen LogP contribution in [0.15, 0.2) is 0 Å². The molecule has 0 spiro atoms. The fourth-order valence-corrected chi connectivity index (χ4v) is 5.92. The van der Waals surface area contributed by atoms with E-state index in [-0.39, 0.29) is 17.0 Å². The zero-order valence-electron chi connectivity index (χ0n) is 22.3. The summed E-state index contributed by atoms with van der Waals surface area (Å²) in [5.41, 5.74) is 0. The lowest BCUT2D eigenvalue weighted by Gasteiger charge is -2.39. The third-order valence-corrected chi connectivity index (χ3v) is 8.42. The Morgan fingerprint density at radius 1 is 0.452 bits per heavy atom. The van der Waals surface area contributed by atoms with Crippen molar-refractivity contribution >= 4 is 26.2 Å². The van der Waals surface area contributed by atoms with Gasteiger partial charge in [-0.3, -0.25) is 0 Å². The number of rotatable bonds is 24. The molecular formula is C29H62BrP. The van der Waals surface area contributed by atoms with E-state index >= 15 is 0 Å². The Morgan fingerprint density at radius 2 is 0.742 bits per heavy atom. The van der Waals surface area contributed by atoms with Crippen LogP contribution in [0.2, 0.25) is 0 Å². The van der Waals surface area contributed by atoms with Crippen molar-refractivity contribution in [3.63, 3.8) is 0 Å². The van der Waals surface area contributed by atoms with Crippen LogP contribution in [0.1, 0.15) is 175 Å². The summed E-state index contributed by atoms with van der Waals surface area (Å²) in [5.74, 6) is 0.943. The summed E-state index contributed by atoms with van der Waals surface area (Å²) in [6.45, 7) is 9.35. The summed E-state index contributed by atoms with van der Waals surface area (Å²) in [6.07, 6.45) is 33.1. The Hall–Kier alpha value is 0.910. The van der Waals surface area contributed by atoms with E-state index in [2.05, 4.69) is 36.9 Å². The van der Waals surface area contributed by atoms with Crippen molar-refractivity contribution in [1.82, 2.24) is 0 Å². The van der Waals surface area contributed by atoms with Crippen LogP contribution >= 0.6 is 26.2 Å². The summed E-state index contributed by atoms with van der Waals surface area (Å²) in [7, 11) is 3.48. The third kappa shape index (κ3) is 20.0. The van der Waals surface area contributed by atoms with Gasteiger partial charge in [-0.15, -0.1) is 26.2 Å². The highest BCUT2D eigenvalue weighted by molar-refractivity contribution is 8.93. The van der Waals surface area contributed by atoms with Gasteiger partial charge in [-0.1, -0.05) is 150 Å². The van der Waals surface area contributed by atoms with Crippen LogP contribution in [0, 0.1) is 5.92 Å². The number of halogens is 1. The van der Waals surface area contributed by atoms with Crippen molar-refractivity contribution < 1.29 is 0 Å². The molecule has 0 aromatic rings. The molecule has 190 valence electrons. The first-order valence-corrected chi connectivity index (χ1v) is 15.0. The lowest BCUT2D eigenvalue weighted by atomic mass is 9.77. The quantitative estimate of drug-likeness (QED) is 0.0875.